The van der Waals surface area contributed by atoms with Crippen molar-refractivity contribution in [1.29, 1.82) is 0 Å². The van der Waals surface area contributed by atoms with Crippen LogP contribution in [-0.4, -0.2) is 54.7 Å². The molecule has 0 bridgehead atoms. The molecule has 3 rings (SSSR count). The van der Waals surface area contributed by atoms with Crippen molar-refractivity contribution in [2.75, 3.05) is 33.0 Å². The van der Waals surface area contributed by atoms with Gasteiger partial charge in [-0.3, -0.25) is 4.79 Å². The molecular formula is C19H27N3O4. The van der Waals surface area contributed by atoms with E-state index < -0.39 is 0 Å². The maximum absolute atomic E-state index is 12.4. The maximum Gasteiger partial charge on any atom is 0.319 e. The fourth-order valence-electron chi connectivity index (χ4n) is 3.41. The van der Waals surface area contributed by atoms with Crippen molar-refractivity contribution in [3.05, 3.63) is 23.8 Å². The van der Waals surface area contributed by atoms with Gasteiger partial charge in [-0.15, -0.1) is 0 Å². The Balaban J connectivity index is 1.46. The van der Waals surface area contributed by atoms with Crippen molar-refractivity contribution in [3.8, 4) is 11.5 Å². The molecule has 26 heavy (non-hydrogen) atoms. The highest BCUT2D eigenvalue weighted by Gasteiger charge is 2.28. The van der Waals surface area contributed by atoms with Crippen molar-refractivity contribution >= 4 is 11.9 Å². The van der Waals surface area contributed by atoms with Crippen LogP contribution in [0.2, 0.25) is 0 Å². The number of amides is 3. The van der Waals surface area contributed by atoms with Crippen LogP contribution >= 0.6 is 0 Å². The molecule has 2 aliphatic heterocycles. The lowest BCUT2D eigenvalue weighted by Crippen LogP contribution is -2.48. The van der Waals surface area contributed by atoms with Crippen LogP contribution in [0.5, 0.6) is 11.5 Å². The lowest BCUT2D eigenvalue weighted by atomic mass is 9.96. The van der Waals surface area contributed by atoms with Gasteiger partial charge in [-0.2, -0.15) is 0 Å². The van der Waals surface area contributed by atoms with Crippen LogP contribution in [0, 0.1) is 5.92 Å². The molecule has 3 amide bonds. The minimum absolute atomic E-state index is 0.0373. The zero-order chi connectivity index (χ0) is 18.5. The second-order valence-corrected chi connectivity index (χ2v) is 6.62. The van der Waals surface area contributed by atoms with E-state index in [4.69, 9.17) is 9.47 Å². The first-order valence-electron chi connectivity index (χ1n) is 9.32. The molecule has 1 saturated heterocycles. The van der Waals surface area contributed by atoms with Gasteiger partial charge < -0.3 is 24.6 Å². The number of fused-ring (bicyclic) bond motifs is 1. The third-order valence-corrected chi connectivity index (χ3v) is 5.07. The number of benzene rings is 1. The molecule has 0 spiro atoms. The van der Waals surface area contributed by atoms with E-state index in [9.17, 15) is 9.59 Å². The zero-order valence-corrected chi connectivity index (χ0v) is 15.5. The van der Waals surface area contributed by atoms with Gasteiger partial charge in [0.05, 0.1) is 0 Å². The van der Waals surface area contributed by atoms with Crippen LogP contribution in [0.1, 0.15) is 32.3 Å². The predicted octanol–water partition coefficient (Wildman–Crippen LogP) is 2.21. The van der Waals surface area contributed by atoms with Crippen molar-refractivity contribution in [2.45, 2.75) is 33.2 Å². The van der Waals surface area contributed by atoms with Crippen molar-refractivity contribution < 1.29 is 19.1 Å². The van der Waals surface area contributed by atoms with Gasteiger partial charge in [0.15, 0.2) is 11.5 Å². The summed E-state index contributed by atoms with van der Waals surface area (Å²) in [7, 11) is 0. The average Bonchev–Trinajstić information content (AvgIpc) is 3.15. The van der Waals surface area contributed by atoms with E-state index in [-0.39, 0.29) is 24.6 Å². The third kappa shape index (κ3) is 4.03. The second kappa shape index (κ2) is 8.29. The van der Waals surface area contributed by atoms with E-state index in [0.29, 0.717) is 45.6 Å². The van der Waals surface area contributed by atoms with E-state index in [1.54, 1.807) is 0 Å². The topological polar surface area (TPSA) is 71.1 Å². The van der Waals surface area contributed by atoms with Gasteiger partial charge in [-0.05, 0) is 44.4 Å². The summed E-state index contributed by atoms with van der Waals surface area (Å²) < 4.78 is 10.6. The van der Waals surface area contributed by atoms with Crippen LogP contribution in [0.3, 0.4) is 0 Å². The second-order valence-electron chi connectivity index (χ2n) is 6.62. The number of likely N-dealkylation sites (tertiary alicyclic amines) is 1. The SMILES string of the molecule is CCN(CC)C(=O)N1CCC(C(=O)NCc2ccc3c(c2)OCO3)CC1. The highest BCUT2D eigenvalue weighted by Crippen LogP contribution is 2.32. The molecule has 1 aromatic rings. The highest BCUT2D eigenvalue weighted by atomic mass is 16.7. The van der Waals surface area contributed by atoms with Crippen LogP contribution in [-0.2, 0) is 11.3 Å². The van der Waals surface area contributed by atoms with Gasteiger partial charge >= 0.3 is 6.03 Å². The van der Waals surface area contributed by atoms with Crippen LogP contribution < -0.4 is 14.8 Å². The molecule has 142 valence electrons. The summed E-state index contributed by atoms with van der Waals surface area (Å²) in [4.78, 5) is 28.5. The lowest BCUT2D eigenvalue weighted by Gasteiger charge is -2.34. The van der Waals surface area contributed by atoms with Gasteiger partial charge in [-0.25, -0.2) is 4.79 Å². The van der Waals surface area contributed by atoms with Gasteiger partial charge in [0.2, 0.25) is 12.7 Å². The Bertz CT molecular complexity index is 652. The summed E-state index contributed by atoms with van der Waals surface area (Å²) in [6.45, 7) is 7.38. The lowest BCUT2D eigenvalue weighted by molar-refractivity contribution is -0.126. The summed E-state index contributed by atoms with van der Waals surface area (Å²) in [5, 5.41) is 3.00. The molecule has 0 aliphatic carbocycles. The Hall–Kier alpha value is -2.44. The maximum atomic E-state index is 12.4. The smallest absolute Gasteiger partial charge is 0.319 e. The van der Waals surface area contributed by atoms with E-state index in [1.807, 2.05) is 41.8 Å². The Morgan fingerprint density at radius 3 is 2.54 bits per heavy atom. The molecule has 0 aromatic heterocycles. The highest BCUT2D eigenvalue weighted by molar-refractivity contribution is 5.79. The monoisotopic (exact) mass is 361 g/mol. The molecule has 2 heterocycles. The van der Waals surface area contributed by atoms with Crippen LogP contribution in [0.15, 0.2) is 18.2 Å². The summed E-state index contributed by atoms with van der Waals surface area (Å²) in [5.41, 5.74) is 0.983. The van der Waals surface area contributed by atoms with Gasteiger partial charge in [0, 0.05) is 38.6 Å². The van der Waals surface area contributed by atoms with E-state index >= 15 is 0 Å². The number of carbonyl (C=O) groups is 2. The minimum atomic E-state index is -0.0373. The average molecular weight is 361 g/mol. The summed E-state index contributed by atoms with van der Waals surface area (Å²) in [6, 6.07) is 5.77. The molecule has 2 aliphatic rings. The number of carbonyl (C=O) groups excluding carboxylic acids is 2. The number of urea groups is 1. The first-order valence-corrected chi connectivity index (χ1v) is 9.32. The molecule has 0 unspecified atom stereocenters. The normalized spacial score (nSPS) is 16.5. The predicted molar refractivity (Wildman–Crippen MR) is 97.0 cm³/mol. The first kappa shape index (κ1) is 18.4. The van der Waals surface area contributed by atoms with Crippen LogP contribution in [0.4, 0.5) is 4.79 Å². The number of nitrogens with one attached hydrogen (secondary N) is 1. The molecule has 1 aromatic carbocycles. The quantitative estimate of drug-likeness (QED) is 0.873. The Morgan fingerprint density at radius 1 is 1.15 bits per heavy atom. The molecular weight excluding hydrogens is 334 g/mol. The van der Waals surface area contributed by atoms with Crippen molar-refractivity contribution in [1.82, 2.24) is 15.1 Å². The van der Waals surface area contributed by atoms with Gasteiger partial charge in [0.25, 0.3) is 0 Å². The van der Waals surface area contributed by atoms with Gasteiger partial charge in [0.1, 0.15) is 0 Å². The fraction of sp³-hybridized carbons (Fsp3) is 0.579. The Morgan fingerprint density at radius 2 is 1.85 bits per heavy atom. The Kier molecular flexibility index (Phi) is 5.85. The summed E-state index contributed by atoms with van der Waals surface area (Å²) in [6.07, 6.45) is 1.42. The third-order valence-electron chi connectivity index (χ3n) is 5.07. The standard InChI is InChI=1S/C19H27N3O4/c1-3-21(4-2)19(24)22-9-7-15(8-10-22)18(23)20-12-14-5-6-16-17(11-14)26-13-25-16/h5-6,11,15H,3-4,7-10,12-13H2,1-2H3,(H,20,23). The van der Waals surface area contributed by atoms with Crippen LogP contribution in [0.25, 0.3) is 0 Å². The van der Waals surface area contributed by atoms with Crippen molar-refractivity contribution in [2.24, 2.45) is 5.92 Å². The summed E-state index contributed by atoms with van der Waals surface area (Å²) >= 11 is 0. The van der Waals surface area contributed by atoms with Crippen molar-refractivity contribution in [3.63, 3.8) is 0 Å². The molecule has 1 fully saturated rings. The molecule has 0 radical (unpaired) electrons. The number of ether oxygens (including phenoxy) is 2. The fourth-order valence-corrected chi connectivity index (χ4v) is 3.41. The minimum Gasteiger partial charge on any atom is -0.454 e. The summed E-state index contributed by atoms with van der Waals surface area (Å²) in [5.74, 6) is 1.48. The molecule has 0 saturated carbocycles. The van der Waals surface area contributed by atoms with E-state index in [1.165, 1.54) is 0 Å². The molecule has 7 heteroatoms. The number of rotatable bonds is 5. The number of nitrogens with zero attached hydrogens (tertiary/aromatic N) is 2. The van der Waals surface area contributed by atoms with E-state index in [0.717, 1.165) is 17.1 Å². The van der Waals surface area contributed by atoms with Gasteiger partial charge in [-0.1, -0.05) is 6.07 Å². The largest absolute Gasteiger partial charge is 0.454 e. The number of hydrogen-bond acceptors (Lipinski definition) is 4. The zero-order valence-electron chi connectivity index (χ0n) is 15.5. The molecule has 1 N–H and O–H groups in total. The first-order chi connectivity index (χ1) is 12.6. The van der Waals surface area contributed by atoms with E-state index in [2.05, 4.69) is 5.32 Å². The molecule has 7 nitrogen and oxygen atoms in total. The molecule has 0 atom stereocenters. The number of hydrogen-bond donors (Lipinski definition) is 1. The number of piperidine rings is 1. The Labute approximate surface area is 154 Å².